The monoisotopic (exact) mass is 550 g/mol. The number of nitrogens with one attached hydrogen (secondary N) is 3. The van der Waals surface area contributed by atoms with E-state index >= 15 is 0 Å². The van der Waals surface area contributed by atoms with E-state index in [2.05, 4.69) is 28.1 Å². The van der Waals surface area contributed by atoms with Gasteiger partial charge in [0.05, 0.1) is 17.8 Å². The van der Waals surface area contributed by atoms with Crippen molar-refractivity contribution in [1.82, 2.24) is 5.43 Å². The maximum atomic E-state index is 12.3. The molecule has 0 saturated heterocycles. The molecule has 0 atom stereocenters. The van der Waals surface area contributed by atoms with Crippen LogP contribution in [0.3, 0.4) is 0 Å². The lowest BCUT2D eigenvalue weighted by atomic mass is 10.1. The molecule has 10 heteroatoms. The summed E-state index contributed by atoms with van der Waals surface area (Å²) >= 11 is 6.27. The summed E-state index contributed by atoms with van der Waals surface area (Å²) in [6.45, 7) is 6.37. The molecule has 0 bridgehead atoms. The van der Waals surface area contributed by atoms with Crippen molar-refractivity contribution in [2.45, 2.75) is 33.6 Å². The molecule has 3 rings (SSSR count). The van der Waals surface area contributed by atoms with Crippen molar-refractivity contribution in [3.63, 3.8) is 0 Å². The first-order valence-corrected chi connectivity index (χ1v) is 12.8. The van der Waals surface area contributed by atoms with Crippen LogP contribution in [0.2, 0.25) is 5.02 Å². The van der Waals surface area contributed by atoms with E-state index in [0.717, 1.165) is 24.0 Å². The number of carbonyl (C=O) groups is 3. The highest BCUT2D eigenvalue weighted by molar-refractivity contribution is 6.39. The number of aryl methyl sites for hydroxylation is 2. The molecule has 0 saturated carbocycles. The fourth-order valence-electron chi connectivity index (χ4n) is 3.37. The van der Waals surface area contributed by atoms with Gasteiger partial charge >= 0.3 is 11.8 Å². The second-order valence-corrected chi connectivity index (χ2v) is 9.13. The number of anilines is 2. The zero-order valence-corrected chi connectivity index (χ0v) is 22.8. The summed E-state index contributed by atoms with van der Waals surface area (Å²) in [4.78, 5) is 36.5. The van der Waals surface area contributed by atoms with Gasteiger partial charge in [-0.2, -0.15) is 5.10 Å². The van der Waals surface area contributed by atoms with Gasteiger partial charge in [-0.3, -0.25) is 14.4 Å². The van der Waals surface area contributed by atoms with Crippen LogP contribution >= 0.6 is 11.6 Å². The number of unbranched alkanes of at least 4 members (excludes halogenated alkanes) is 1. The lowest BCUT2D eigenvalue weighted by molar-refractivity contribution is -0.136. The summed E-state index contributed by atoms with van der Waals surface area (Å²) < 4.78 is 11.1. The van der Waals surface area contributed by atoms with Gasteiger partial charge in [-0.05, 0) is 79.9 Å². The van der Waals surface area contributed by atoms with Gasteiger partial charge < -0.3 is 20.1 Å². The SMILES string of the molecule is CCCCOc1ccc(NC(=O)C(=O)N/N=C\c2ccc(OCC(=O)Nc3ccc(C)cc3C)c(Cl)c2)cc1. The van der Waals surface area contributed by atoms with E-state index in [1.54, 1.807) is 42.5 Å². The molecular formula is C29H31ClN4O5. The highest BCUT2D eigenvalue weighted by Crippen LogP contribution is 2.25. The first kappa shape index (κ1) is 29.2. The smallest absolute Gasteiger partial charge is 0.329 e. The number of amides is 3. The third-order valence-electron chi connectivity index (χ3n) is 5.44. The van der Waals surface area contributed by atoms with Crippen molar-refractivity contribution in [3.8, 4) is 11.5 Å². The average molecular weight is 551 g/mol. The zero-order chi connectivity index (χ0) is 28.2. The Morgan fingerprint density at radius 3 is 2.38 bits per heavy atom. The predicted molar refractivity (Wildman–Crippen MR) is 153 cm³/mol. The molecule has 9 nitrogen and oxygen atoms in total. The molecule has 204 valence electrons. The van der Waals surface area contributed by atoms with Gasteiger partial charge in [0.2, 0.25) is 0 Å². The third kappa shape index (κ3) is 9.46. The van der Waals surface area contributed by atoms with Crippen LogP contribution < -0.4 is 25.5 Å². The number of carbonyl (C=O) groups excluding carboxylic acids is 3. The zero-order valence-electron chi connectivity index (χ0n) is 22.0. The van der Waals surface area contributed by atoms with Crippen LogP contribution in [0.5, 0.6) is 11.5 Å². The normalized spacial score (nSPS) is 10.7. The van der Waals surface area contributed by atoms with Crippen molar-refractivity contribution in [2.75, 3.05) is 23.8 Å². The van der Waals surface area contributed by atoms with Gasteiger partial charge in [-0.15, -0.1) is 0 Å². The Bertz CT molecular complexity index is 1340. The number of rotatable bonds is 11. The van der Waals surface area contributed by atoms with Gasteiger partial charge in [0.15, 0.2) is 6.61 Å². The molecule has 3 N–H and O–H groups in total. The molecule has 0 aromatic heterocycles. The Kier molecular flexibility index (Phi) is 10.9. The summed E-state index contributed by atoms with van der Waals surface area (Å²) in [6, 6.07) is 17.2. The maximum absolute atomic E-state index is 12.3. The van der Waals surface area contributed by atoms with Crippen molar-refractivity contribution in [3.05, 3.63) is 82.4 Å². The van der Waals surface area contributed by atoms with Gasteiger partial charge in [0.1, 0.15) is 11.5 Å². The van der Waals surface area contributed by atoms with Gasteiger partial charge in [0, 0.05) is 11.4 Å². The van der Waals surface area contributed by atoms with E-state index in [-0.39, 0.29) is 17.5 Å². The largest absolute Gasteiger partial charge is 0.494 e. The van der Waals surface area contributed by atoms with Crippen LogP contribution in [0.15, 0.2) is 65.8 Å². The van der Waals surface area contributed by atoms with Crippen LogP contribution in [0.25, 0.3) is 0 Å². The number of hydrogen-bond donors (Lipinski definition) is 3. The maximum Gasteiger partial charge on any atom is 0.329 e. The van der Waals surface area contributed by atoms with E-state index in [1.165, 1.54) is 6.21 Å². The number of nitrogens with zero attached hydrogens (tertiary/aromatic N) is 1. The first-order valence-electron chi connectivity index (χ1n) is 12.4. The Morgan fingerprint density at radius 2 is 1.69 bits per heavy atom. The number of ether oxygens (including phenoxy) is 2. The number of benzene rings is 3. The minimum absolute atomic E-state index is 0.222. The number of hydrazone groups is 1. The summed E-state index contributed by atoms with van der Waals surface area (Å²) in [5, 5.41) is 9.35. The van der Waals surface area contributed by atoms with Crippen LogP contribution in [-0.2, 0) is 14.4 Å². The minimum atomic E-state index is -0.935. The van der Waals surface area contributed by atoms with Crippen LogP contribution in [0.4, 0.5) is 11.4 Å². The third-order valence-corrected chi connectivity index (χ3v) is 5.73. The van der Waals surface area contributed by atoms with Gasteiger partial charge in [-0.1, -0.05) is 42.6 Å². The standard InChI is InChI=1S/C29H31ClN4O5/c1-4-5-14-38-23-10-8-22(9-11-23)32-28(36)29(37)34-31-17-21-7-13-26(24(30)16-21)39-18-27(35)33-25-12-6-19(2)15-20(25)3/h6-13,15-17H,4-5,14,18H2,1-3H3,(H,32,36)(H,33,35)(H,34,37)/b31-17-. The predicted octanol–water partition coefficient (Wildman–Crippen LogP) is 5.24. The molecule has 0 fully saturated rings. The average Bonchev–Trinajstić information content (AvgIpc) is 2.91. The summed E-state index contributed by atoms with van der Waals surface area (Å²) in [7, 11) is 0. The molecular weight excluding hydrogens is 520 g/mol. The van der Waals surface area contributed by atoms with Crippen molar-refractivity contribution in [1.29, 1.82) is 0 Å². The molecule has 0 aliphatic heterocycles. The second-order valence-electron chi connectivity index (χ2n) is 8.72. The molecule has 3 amide bonds. The van der Waals surface area contributed by atoms with Gasteiger partial charge in [0.25, 0.3) is 5.91 Å². The Balaban J connectivity index is 1.45. The highest BCUT2D eigenvalue weighted by Gasteiger charge is 2.13. The van der Waals surface area contributed by atoms with E-state index < -0.39 is 11.8 Å². The molecule has 3 aromatic carbocycles. The van der Waals surface area contributed by atoms with Crippen molar-refractivity contribution < 1.29 is 23.9 Å². The molecule has 0 unspecified atom stereocenters. The van der Waals surface area contributed by atoms with Crippen molar-refractivity contribution >= 4 is 46.9 Å². The van der Waals surface area contributed by atoms with E-state index in [4.69, 9.17) is 21.1 Å². The van der Waals surface area contributed by atoms with Crippen LogP contribution in [0.1, 0.15) is 36.5 Å². The molecule has 0 aliphatic rings. The molecule has 3 aromatic rings. The summed E-state index contributed by atoms with van der Waals surface area (Å²) in [5.74, 6) is -1.12. The second kappa shape index (κ2) is 14.5. The Morgan fingerprint density at radius 1 is 0.923 bits per heavy atom. The number of halogens is 1. The van der Waals surface area contributed by atoms with E-state index in [0.29, 0.717) is 35.0 Å². The first-order chi connectivity index (χ1) is 18.7. The van der Waals surface area contributed by atoms with Crippen LogP contribution in [-0.4, -0.2) is 37.1 Å². The molecule has 0 aliphatic carbocycles. The summed E-state index contributed by atoms with van der Waals surface area (Å²) in [5.41, 5.74) is 5.94. The topological polar surface area (TPSA) is 118 Å². The summed E-state index contributed by atoms with van der Waals surface area (Å²) in [6.07, 6.45) is 3.32. The molecule has 39 heavy (non-hydrogen) atoms. The molecule has 0 spiro atoms. The molecule has 0 heterocycles. The fourth-order valence-corrected chi connectivity index (χ4v) is 3.61. The minimum Gasteiger partial charge on any atom is -0.494 e. The van der Waals surface area contributed by atoms with Gasteiger partial charge in [-0.25, -0.2) is 5.43 Å². The lowest BCUT2D eigenvalue weighted by Gasteiger charge is -2.11. The van der Waals surface area contributed by atoms with E-state index in [1.807, 2.05) is 32.0 Å². The highest BCUT2D eigenvalue weighted by atomic mass is 35.5. The Hall–Kier alpha value is -4.37. The van der Waals surface area contributed by atoms with E-state index in [9.17, 15) is 14.4 Å². The lowest BCUT2D eigenvalue weighted by Crippen LogP contribution is -2.32. The number of hydrogen-bond acceptors (Lipinski definition) is 6. The fraction of sp³-hybridized carbons (Fsp3) is 0.241. The van der Waals surface area contributed by atoms with Crippen molar-refractivity contribution in [2.24, 2.45) is 5.10 Å². The molecule has 0 radical (unpaired) electrons. The quantitative estimate of drug-likeness (QED) is 0.130. The van der Waals surface area contributed by atoms with Crippen LogP contribution in [0, 0.1) is 13.8 Å². The Labute approximate surface area is 232 Å².